The summed E-state index contributed by atoms with van der Waals surface area (Å²) in [5.41, 5.74) is 3.55. The fourth-order valence-electron chi connectivity index (χ4n) is 1.59. The Balaban J connectivity index is 3.13. The van der Waals surface area contributed by atoms with E-state index in [0.29, 0.717) is 6.42 Å². The zero-order valence-corrected chi connectivity index (χ0v) is 8.42. The molecule has 0 aliphatic rings. The molecule has 0 aromatic heterocycles. The van der Waals surface area contributed by atoms with Crippen LogP contribution in [-0.2, 0) is 6.42 Å². The Bertz CT molecular complexity index is 292. The van der Waals surface area contributed by atoms with Gasteiger partial charge in [0.2, 0.25) is 0 Å². The average Bonchev–Trinajstić information content (AvgIpc) is 2.12. The Kier molecular flexibility index (Phi) is 3.32. The lowest BCUT2D eigenvalue weighted by molar-refractivity contribution is 0.299. The predicted molar refractivity (Wildman–Crippen MR) is 53.3 cm³/mol. The second-order valence-electron chi connectivity index (χ2n) is 3.16. The second-order valence-corrected chi connectivity index (χ2v) is 3.16. The Morgan fingerprint density at radius 1 is 1.31 bits per heavy atom. The van der Waals surface area contributed by atoms with E-state index in [1.54, 1.807) is 7.11 Å². The number of ether oxygens (including phenoxy) is 1. The van der Waals surface area contributed by atoms with E-state index in [0.717, 1.165) is 11.3 Å². The predicted octanol–water partition coefficient (Wildman–Crippen LogP) is 1.85. The molecule has 0 aliphatic heterocycles. The molecule has 0 amide bonds. The molecule has 0 fully saturated rings. The Labute approximate surface area is 79.2 Å². The van der Waals surface area contributed by atoms with Crippen molar-refractivity contribution < 1.29 is 9.84 Å². The van der Waals surface area contributed by atoms with Crippen molar-refractivity contribution in [1.29, 1.82) is 0 Å². The largest absolute Gasteiger partial charge is 0.496 e. The summed E-state index contributed by atoms with van der Waals surface area (Å²) in [6, 6.07) is 3.99. The first-order valence-electron chi connectivity index (χ1n) is 4.44. The molecule has 0 aliphatic carbocycles. The number of benzene rings is 1. The highest BCUT2D eigenvalue weighted by Gasteiger charge is 2.06. The van der Waals surface area contributed by atoms with Gasteiger partial charge in [-0.3, -0.25) is 0 Å². The molecule has 0 spiro atoms. The van der Waals surface area contributed by atoms with Crippen molar-refractivity contribution >= 4 is 0 Å². The van der Waals surface area contributed by atoms with Crippen LogP contribution in [0, 0.1) is 13.8 Å². The third-order valence-corrected chi connectivity index (χ3v) is 2.36. The van der Waals surface area contributed by atoms with Crippen LogP contribution in [0.4, 0.5) is 0 Å². The van der Waals surface area contributed by atoms with Crippen molar-refractivity contribution in [3.05, 3.63) is 28.8 Å². The van der Waals surface area contributed by atoms with E-state index in [-0.39, 0.29) is 6.61 Å². The monoisotopic (exact) mass is 180 g/mol. The molecule has 72 valence electrons. The highest BCUT2D eigenvalue weighted by molar-refractivity contribution is 5.43. The van der Waals surface area contributed by atoms with Crippen LogP contribution >= 0.6 is 0 Å². The number of aliphatic hydroxyl groups is 1. The van der Waals surface area contributed by atoms with Crippen LogP contribution in [0.15, 0.2) is 12.1 Å². The fraction of sp³-hybridized carbons (Fsp3) is 0.455. The first kappa shape index (κ1) is 10.1. The molecule has 2 nitrogen and oxygen atoms in total. The molecule has 0 heterocycles. The number of hydrogen-bond donors (Lipinski definition) is 1. The zero-order chi connectivity index (χ0) is 9.84. The van der Waals surface area contributed by atoms with E-state index < -0.39 is 0 Å². The molecule has 0 saturated carbocycles. The molecule has 0 bridgehead atoms. The number of rotatable bonds is 3. The summed E-state index contributed by atoms with van der Waals surface area (Å²) in [4.78, 5) is 0. The summed E-state index contributed by atoms with van der Waals surface area (Å²) in [5.74, 6) is 0.897. The Hall–Kier alpha value is -1.02. The van der Waals surface area contributed by atoms with Gasteiger partial charge in [-0.05, 0) is 43.0 Å². The first-order valence-corrected chi connectivity index (χ1v) is 4.44. The minimum atomic E-state index is 0.189. The standard InChI is InChI=1S/C11H16O2/c1-8-4-5-11(13-3)9(2)10(8)6-7-12/h4-5,12H,6-7H2,1-3H3. The smallest absolute Gasteiger partial charge is 0.122 e. The van der Waals surface area contributed by atoms with E-state index in [1.165, 1.54) is 11.1 Å². The molecule has 1 rings (SSSR count). The van der Waals surface area contributed by atoms with Crippen molar-refractivity contribution in [3.8, 4) is 5.75 Å². The third-order valence-electron chi connectivity index (χ3n) is 2.36. The quantitative estimate of drug-likeness (QED) is 0.769. The van der Waals surface area contributed by atoms with Crippen LogP contribution in [-0.4, -0.2) is 18.8 Å². The molecule has 13 heavy (non-hydrogen) atoms. The summed E-state index contributed by atoms with van der Waals surface area (Å²) in [6.45, 7) is 4.27. The van der Waals surface area contributed by atoms with Crippen molar-refractivity contribution in [2.45, 2.75) is 20.3 Å². The van der Waals surface area contributed by atoms with Crippen molar-refractivity contribution in [3.63, 3.8) is 0 Å². The summed E-state index contributed by atoms with van der Waals surface area (Å²) in [5, 5.41) is 8.89. The van der Waals surface area contributed by atoms with Crippen LogP contribution in [0.3, 0.4) is 0 Å². The number of methoxy groups -OCH3 is 1. The van der Waals surface area contributed by atoms with Gasteiger partial charge in [-0.2, -0.15) is 0 Å². The van der Waals surface area contributed by atoms with E-state index in [1.807, 2.05) is 19.1 Å². The van der Waals surface area contributed by atoms with E-state index in [2.05, 4.69) is 6.92 Å². The molecule has 2 heteroatoms. The van der Waals surface area contributed by atoms with Gasteiger partial charge in [0.15, 0.2) is 0 Å². The van der Waals surface area contributed by atoms with Crippen molar-refractivity contribution in [2.75, 3.05) is 13.7 Å². The number of hydrogen-bond acceptors (Lipinski definition) is 2. The van der Waals surface area contributed by atoms with E-state index in [9.17, 15) is 0 Å². The van der Waals surface area contributed by atoms with Crippen LogP contribution in [0.5, 0.6) is 5.75 Å². The molecule has 0 radical (unpaired) electrons. The SMILES string of the molecule is COc1ccc(C)c(CCO)c1C. The normalized spacial score (nSPS) is 10.2. The summed E-state index contributed by atoms with van der Waals surface area (Å²) in [6.07, 6.45) is 0.703. The maximum atomic E-state index is 8.89. The summed E-state index contributed by atoms with van der Waals surface area (Å²) >= 11 is 0. The van der Waals surface area contributed by atoms with Gasteiger partial charge in [-0.25, -0.2) is 0 Å². The third kappa shape index (κ3) is 2.01. The topological polar surface area (TPSA) is 29.5 Å². The van der Waals surface area contributed by atoms with Crippen LogP contribution in [0.1, 0.15) is 16.7 Å². The Morgan fingerprint density at radius 3 is 2.54 bits per heavy atom. The zero-order valence-electron chi connectivity index (χ0n) is 8.42. The van der Waals surface area contributed by atoms with Gasteiger partial charge >= 0.3 is 0 Å². The molecule has 1 N–H and O–H groups in total. The average molecular weight is 180 g/mol. The lowest BCUT2D eigenvalue weighted by Crippen LogP contribution is -1.99. The lowest BCUT2D eigenvalue weighted by Gasteiger charge is -2.12. The molecule has 1 aromatic carbocycles. The van der Waals surface area contributed by atoms with Gasteiger partial charge in [-0.15, -0.1) is 0 Å². The van der Waals surface area contributed by atoms with Crippen molar-refractivity contribution in [1.82, 2.24) is 0 Å². The maximum absolute atomic E-state index is 8.89. The van der Waals surface area contributed by atoms with Gasteiger partial charge in [0.05, 0.1) is 7.11 Å². The Morgan fingerprint density at radius 2 is 2.00 bits per heavy atom. The summed E-state index contributed by atoms with van der Waals surface area (Å²) < 4.78 is 5.21. The first-order chi connectivity index (χ1) is 6.20. The molecular formula is C11H16O2. The van der Waals surface area contributed by atoms with Gasteiger partial charge < -0.3 is 9.84 Å². The second kappa shape index (κ2) is 4.28. The van der Waals surface area contributed by atoms with Crippen LogP contribution < -0.4 is 4.74 Å². The molecule has 1 aromatic rings. The van der Waals surface area contributed by atoms with Crippen LogP contribution in [0.2, 0.25) is 0 Å². The molecule has 0 atom stereocenters. The number of aryl methyl sites for hydroxylation is 1. The van der Waals surface area contributed by atoms with Gasteiger partial charge in [0.25, 0.3) is 0 Å². The van der Waals surface area contributed by atoms with E-state index in [4.69, 9.17) is 9.84 Å². The molecule has 0 unspecified atom stereocenters. The highest BCUT2D eigenvalue weighted by Crippen LogP contribution is 2.24. The fourth-order valence-corrected chi connectivity index (χ4v) is 1.59. The van der Waals surface area contributed by atoms with Gasteiger partial charge in [0, 0.05) is 6.61 Å². The van der Waals surface area contributed by atoms with Gasteiger partial charge in [-0.1, -0.05) is 6.07 Å². The van der Waals surface area contributed by atoms with Crippen LogP contribution in [0.25, 0.3) is 0 Å². The minimum absolute atomic E-state index is 0.189. The number of aliphatic hydroxyl groups excluding tert-OH is 1. The van der Waals surface area contributed by atoms with Crippen molar-refractivity contribution in [2.24, 2.45) is 0 Å². The molecular weight excluding hydrogens is 164 g/mol. The minimum Gasteiger partial charge on any atom is -0.496 e. The lowest BCUT2D eigenvalue weighted by atomic mass is 9.99. The maximum Gasteiger partial charge on any atom is 0.122 e. The summed E-state index contributed by atoms with van der Waals surface area (Å²) in [7, 11) is 1.67. The van der Waals surface area contributed by atoms with E-state index >= 15 is 0 Å². The molecule has 0 saturated heterocycles. The van der Waals surface area contributed by atoms with Gasteiger partial charge in [0.1, 0.15) is 5.75 Å². The highest BCUT2D eigenvalue weighted by atomic mass is 16.5.